The molecule has 3 rings (SSSR count). The van der Waals surface area contributed by atoms with Crippen molar-refractivity contribution in [3.05, 3.63) is 107 Å². The first kappa shape index (κ1) is 28.4. The molecule has 1 atom stereocenters. The third-order valence-electron chi connectivity index (χ3n) is 6.02. The Kier molecular flexibility index (Phi) is 10.3. The van der Waals surface area contributed by atoms with E-state index in [1.54, 1.807) is 24.3 Å². The second-order valence-corrected chi connectivity index (χ2v) is 11.4. The minimum Gasteiger partial charge on any atom is -0.354 e. The lowest BCUT2D eigenvalue weighted by Gasteiger charge is -2.32. The molecule has 37 heavy (non-hydrogen) atoms. The van der Waals surface area contributed by atoms with E-state index >= 15 is 0 Å². The van der Waals surface area contributed by atoms with Gasteiger partial charge in [-0.25, -0.2) is 8.42 Å². The van der Waals surface area contributed by atoms with Crippen molar-refractivity contribution in [2.75, 3.05) is 26.4 Å². The van der Waals surface area contributed by atoms with E-state index in [0.717, 1.165) is 27.3 Å². The predicted octanol–water partition coefficient (Wildman–Crippen LogP) is 3.53. The van der Waals surface area contributed by atoms with Crippen LogP contribution < -0.4 is 5.32 Å². The van der Waals surface area contributed by atoms with Crippen molar-refractivity contribution < 1.29 is 18.0 Å². The summed E-state index contributed by atoms with van der Waals surface area (Å²) in [4.78, 5) is 28.5. The highest BCUT2D eigenvalue weighted by Crippen LogP contribution is 2.17. The molecular weight excluding hydrogens is 510 g/mol. The quantitative estimate of drug-likeness (QED) is 0.380. The second-order valence-electron chi connectivity index (χ2n) is 8.90. The van der Waals surface area contributed by atoms with Crippen LogP contribution in [0.15, 0.2) is 84.9 Å². The van der Waals surface area contributed by atoms with Crippen molar-refractivity contribution in [2.24, 2.45) is 0 Å². The maximum absolute atomic E-state index is 13.6. The number of halogens is 1. The van der Waals surface area contributed by atoms with Crippen LogP contribution in [0, 0.1) is 0 Å². The standard InChI is InChI=1S/C28H32ClN3O4S/c1-31(37(2,35)36)21-27(33)32(20-24-13-15-25(29)16-14-24)26(19-23-11-7-4-8-12-23)28(34)30-18-17-22-9-5-3-6-10-22/h3-16,26H,17-21H2,1-2H3,(H,30,34). The number of rotatable bonds is 12. The number of carbonyl (C=O) groups is 2. The molecule has 0 saturated heterocycles. The summed E-state index contributed by atoms with van der Waals surface area (Å²) in [6.07, 6.45) is 1.97. The third-order valence-corrected chi connectivity index (χ3v) is 7.53. The van der Waals surface area contributed by atoms with Gasteiger partial charge >= 0.3 is 0 Å². The highest BCUT2D eigenvalue weighted by molar-refractivity contribution is 7.88. The normalized spacial score (nSPS) is 12.2. The minimum absolute atomic E-state index is 0.122. The van der Waals surface area contributed by atoms with E-state index in [0.29, 0.717) is 18.0 Å². The molecule has 0 aromatic heterocycles. The molecule has 9 heteroatoms. The fourth-order valence-electron chi connectivity index (χ4n) is 3.83. The van der Waals surface area contributed by atoms with E-state index in [4.69, 9.17) is 11.6 Å². The van der Waals surface area contributed by atoms with Gasteiger partial charge in [-0.15, -0.1) is 0 Å². The summed E-state index contributed by atoms with van der Waals surface area (Å²) in [5.41, 5.74) is 2.75. The van der Waals surface area contributed by atoms with Gasteiger partial charge in [-0.3, -0.25) is 9.59 Å². The van der Waals surface area contributed by atoms with Crippen LogP contribution in [0.25, 0.3) is 0 Å². The fraction of sp³-hybridized carbons (Fsp3) is 0.286. The zero-order valence-electron chi connectivity index (χ0n) is 21.0. The third kappa shape index (κ3) is 9.00. The van der Waals surface area contributed by atoms with Crippen LogP contribution in [0.5, 0.6) is 0 Å². The van der Waals surface area contributed by atoms with Gasteiger partial charge in [-0.2, -0.15) is 4.31 Å². The van der Waals surface area contributed by atoms with E-state index in [9.17, 15) is 18.0 Å². The van der Waals surface area contributed by atoms with Crippen LogP contribution in [0.1, 0.15) is 16.7 Å². The SMILES string of the molecule is CN(CC(=O)N(Cc1ccc(Cl)cc1)C(Cc1ccccc1)C(=O)NCCc1ccccc1)S(C)(=O)=O. The number of carbonyl (C=O) groups excluding carboxylic acids is 2. The van der Waals surface area contributed by atoms with Gasteiger partial charge in [0.2, 0.25) is 21.8 Å². The summed E-state index contributed by atoms with van der Waals surface area (Å²) in [6.45, 7) is 0.145. The van der Waals surface area contributed by atoms with E-state index in [1.165, 1.54) is 11.9 Å². The second kappa shape index (κ2) is 13.4. The van der Waals surface area contributed by atoms with Crippen LogP contribution in [0.2, 0.25) is 5.02 Å². The van der Waals surface area contributed by atoms with Crippen molar-refractivity contribution in [1.29, 1.82) is 0 Å². The van der Waals surface area contributed by atoms with Gasteiger partial charge in [0.05, 0.1) is 12.8 Å². The number of hydrogen-bond donors (Lipinski definition) is 1. The van der Waals surface area contributed by atoms with E-state index < -0.39 is 22.0 Å². The largest absolute Gasteiger partial charge is 0.354 e. The number of nitrogens with one attached hydrogen (secondary N) is 1. The first-order valence-electron chi connectivity index (χ1n) is 11.9. The van der Waals surface area contributed by atoms with Gasteiger partial charge in [-0.1, -0.05) is 84.4 Å². The Morgan fingerprint density at radius 3 is 2.00 bits per heavy atom. The fourth-order valence-corrected chi connectivity index (χ4v) is 4.30. The smallest absolute Gasteiger partial charge is 0.243 e. The number of hydrogen-bond acceptors (Lipinski definition) is 4. The lowest BCUT2D eigenvalue weighted by Crippen LogP contribution is -2.53. The highest BCUT2D eigenvalue weighted by atomic mass is 35.5. The minimum atomic E-state index is -3.59. The Morgan fingerprint density at radius 1 is 0.865 bits per heavy atom. The first-order valence-corrected chi connectivity index (χ1v) is 14.2. The van der Waals surface area contributed by atoms with Crippen LogP contribution in [-0.2, 0) is 39.0 Å². The number of benzene rings is 3. The van der Waals surface area contributed by atoms with Crippen LogP contribution in [-0.4, -0.2) is 61.9 Å². The summed E-state index contributed by atoms with van der Waals surface area (Å²) >= 11 is 6.04. The van der Waals surface area contributed by atoms with Gasteiger partial charge in [0.1, 0.15) is 6.04 Å². The highest BCUT2D eigenvalue weighted by Gasteiger charge is 2.31. The predicted molar refractivity (Wildman–Crippen MR) is 147 cm³/mol. The lowest BCUT2D eigenvalue weighted by molar-refractivity contribution is -0.141. The van der Waals surface area contributed by atoms with Crippen molar-refractivity contribution >= 4 is 33.4 Å². The number of amides is 2. The van der Waals surface area contributed by atoms with Crippen LogP contribution >= 0.6 is 11.6 Å². The monoisotopic (exact) mass is 541 g/mol. The maximum Gasteiger partial charge on any atom is 0.243 e. The summed E-state index contributed by atoms with van der Waals surface area (Å²) in [7, 11) is -2.24. The molecule has 0 fully saturated rings. The number of nitrogens with zero attached hydrogens (tertiary/aromatic N) is 2. The first-order chi connectivity index (χ1) is 17.6. The van der Waals surface area contributed by atoms with Gasteiger partial charge < -0.3 is 10.2 Å². The van der Waals surface area contributed by atoms with E-state index in [-0.39, 0.29) is 25.4 Å². The molecule has 7 nitrogen and oxygen atoms in total. The Balaban J connectivity index is 1.89. The Labute approximate surface area is 224 Å². The summed E-state index contributed by atoms with van der Waals surface area (Å²) < 4.78 is 25.0. The average Bonchev–Trinajstić information content (AvgIpc) is 2.87. The van der Waals surface area contributed by atoms with Crippen molar-refractivity contribution in [3.63, 3.8) is 0 Å². The number of likely N-dealkylation sites (N-methyl/N-ethyl adjacent to an activating group) is 1. The average molecular weight is 542 g/mol. The zero-order chi connectivity index (χ0) is 26.8. The van der Waals surface area contributed by atoms with Crippen molar-refractivity contribution in [2.45, 2.75) is 25.4 Å². The topological polar surface area (TPSA) is 86.8 Å². The molecular formula is C28H32ClN3O4S. The van der Waals surface area contributed by atoms with Crippen molar-refractivity contribution in [3.8, 4) is 0 Å². The molecule has 3 aromatic rings. The van der Waals surface area contributed by atoms with Crippen LogP contribution in [0.4, 0.5) is 0 Å². The van der Waals surface area contributed by atoms with Crippen LogP contribution in [0.3, 0.4) is 0 Å². The number of sulfonamides is 1. The molecule has 0 spiro atoms. The molecule has 3 aromatic carbocycles. The zero-order valence-corrected chi connectivity index (χ0v) is 22.6. The van der Waals surface area contributed by atoms with Gasteiger partial charge in [0, 0.05) is 31.6 Å². The maximum atomic E-state index is 13.6. The molecule has 0 saturated carbocycles. The molecule has 0 aliphatic carbocycles. The van der Waals surface area contributed by atoms with Gasteiger partial charge in [0.15, 0.2) is 0 Å². The summed E-state index contributed by atoms with van der Waals surface area (Å²) in [6, 6.07) is 25.4. The Bertz CT molecular complexity index is 1270. The molecule has 0 radical (unpaired) electrons. The van der Waals surface area contributed by atoms with Crippen molar-refractivity contribution in [1.82, 2.24) is 14.5 Å². The molecule has 1 N–H and O–H groups in total. The van der Waals surface area contributed by atoms with E-state index in [1.807, 2.05) is 60.7 Å². The molecule has 1 unspecified atom stereocenters. The molecule has 2 amide bonds. The van der Waals surface area contributed by atoms with Gasteiger partial charge in [0.25, 0.3) is 0 Å². The lowest BCUT2D eigenvalue weighted by atomic mass is 10.0. The summed E-state index contributed by atoms with van der Waals surface area (Å²) in [5.74, 6) is -0.772. The van der Waals surface area contributed by atoms with E-state index in [2.05, 4.69) is 5.32 Å². The van der Waals surface area contributed by atoms with Gasteiger partial charge in [-0.05, 0) is 35.2 Å². The molecule has 0 bridgehead atoms. The Hall–Kier alpha value is -3.20. The summed E-state index contributed by atoms with van der Waals surface area (Å²) in [5, 5.41) is 3.53. The molecule has 0 aliphatic rings. The molecule has 196 valence electrons. The molecule has 0 heterocycles. The molecule has 0 aliphatic heterocycles. The Morgan fingerprint density at radius 2 is 1.43 bits per heavy atom.